The summed E-state index contributed by atoms with van der Waals surface area (Å²) in [7, 11) is 0. The number of thioether (sulfide) groups is 1. The van der Waals surface area contributed by atoms with Crippen LogP contribution in [0.25, 0.3) is 0 Å². The molecule has 1 aliphatic carbocycles. The van der Waals surface area contributed by atoms with Crippen molar-refractivity contribution < 1.29 is 9.53 Å². The zero-order valence-electron chi connectivity index (χ0n) is 11.0. The van der Waals surface area contributed by atoms with Gasteiger partial charge in [0.1, 0.15) is 0 Å². The van der Waals surface area contributed by atoms with E-state index in [0.29, 0.717) is 12.6 Å². The third-order valence-corrected chi connectivity index (χ3v) is 3.80. The fourth-order valence-corrected chi connectivity index (χ4v) is 2.84. The molecule has 1 aromatic heterocycles. The Labute approximate surface area is 116 Å². The summed E-state index contributed by atoms with van der Waals surface area (Å²) in [5.41, 5.74) is 0. The molecule has 0 unspecified atom stereocenters. The first kappa shape index (κ1) is 14.0. The van der Waals surface area contributed by atoms with E-state index in [1.165, 1.54) is 37.1 Å². The minimum Gasteiger partial charge on any atom is -0.463 e. The van der Waals surface area contributed by atoms with Crippen molar-refractivity contribution in [3.8, 4) is 0 Å². The van der Waals surface area contributed by atoms with E-state index in [4.69, 9.17) is 4.74 Å². The van der Waals surface area contributed by atoms with Crippen molar-refractivity contribution in [1.29, 1.82) is 0 Å². The van der Waals surface area contributed by atoms with Gasteiger partial charge in [-0.15, -0.1) is 5.10 Å². The van der Waals surface area contributed by atoms with Gasteiger partial charge in [-0.2, -0.15) is 0 Å². The Morgan fingerprint density at radius 2 is 2.26 bits per heavy atom. The number of tetrazole rings is 1. The molecule has 0 spiro atoms. The molecule has 7 heteroatoms. The molecule has 0 aromatic carbocycles. The Morgan fingerprint density at radius 3 is 3.00 bits per heavy atom. The maximum atomic E-state index is 11.2. The van der Waals surface area contributed by atoms with Gasteiger partial charge in [0.15, 0.2) is 0 Å². The van der Waals surface area contributed by atoms with Gasteiger partial charge in [-0.25, -0.2) is 9.48 Å². The lowest BCUT2D eigenvalue weighted by molar-refractivity contribution is -0.137. The van der Waals surface area contributed by atoms with Crippen molar-refractivity contribution >= 4 is 17.7 Å². The maximum absolute atomic E-state index is 11.2. The van der Waals surface area contributed by atoms with Crippen LogP contribution < -0.4 is 0 Å². The summed E-state index contributed by atoms with van der Waals surface area (Å²) >= 11 is 1.35. The molecule has 0 bridgehead atoms. The van der Waals surface area contributed by atoms with E-state index in [1.54, 1.807) is 12.3 Å². The topological polar surface area (TPSA) is 69.9 Å². The zero-order valence-corrected chi connectivity index (χ0v) is 11.8. The molecule has 0 amide bonds. The number of hydrogen-bond donors (Lipinski definition) is 0. The summed E-state index contributed by atoms with van der Waals surface area (Å²) in [6.07, 6.45) is 7.40. The number of aromatic nitrogens is 4. The van der Waals surface area contributed by atoms with Crippen LogP contribution in [-0.2, 0) is 9.53 Å². The number of esters is 1. The highest BCUT2D eigenvalue weighted by atomic mass is 32.2. The highest BCUT2D eigenvalue weighted by Gasteiger charge is 2.19. The first-order chi connectivity index (χ1) is 9.31. The van der Waals surface area contributed by atoms with Crippen molar-refractivity contribution in [1.82, 2.24) is 20.2 Å². The van der Waals surface area contributed by atoms with Gasteiger partial charge in [-0.1, -0.05) is 31.0 Å². The highest BCUT2D eigenvalue weighted by Crippen LogP contribution is 2.30. The van der Waals surface area contributed by atoms with E-state index in [-0.39, 0.29) is 5.97 Å². The van der Waals surface area contributed by atoms with Gasteiger partial charge in [0.2, 0.25) is 5.16 Å². The van der Waals surface area contributed by atoms with Crippen LogP contribution >= 0.6 is 11.8 Å². The second-order valence-corrected chi connectivity index (χ2v) is 5.24. The summed E-state index contributed by atoms with van der Waals surface area (Å²) < 4.78 is 6.68. The number of ether oxygens (including phenoxy) is 1. The number of nitrogens with zero attached hydrogens (tertiary/aromatic N) is 4. The minimum absolute atomic E-state index is 0.341. The maximum Gasteiger partial charge on any atom is 0.331 e. The van der Waals surface area contributed by atoms with Crippen LogP contribution in [0.3, 0.4) is 0 Å². The van der Waals surface area contributed by atoms with Crippen molar-refractivity contribution in [3.63, 3.8) is 0 Å². The lowest BCUT2D eigenvalue weighted by Gasteiger charge is -2.21. The first-order valence-corrected chi connectivity index (χ1v) is 7.47. The molecule has 0 N–H and O–H groups in total. The monoisotopic (exact) mass is 282 g/mol. The van der Waals surface area contributed by atoms with E-state index in [0.717, 1.165) is 18.0 Å². The van der Waals surface area contributed by atoms with Crippen molar-refractivity contribution in [2.75, 3.05) is 6.61 Å². The molecule has 1 heterocycles. The quantitative estimate of drug-likeness (QED) is 0.469. The Hall–Kier alpha value is -1.37. The second kappa shape index (κ2) is 7.28. The van der Waals surface area contributed by atoms with Crippen molar-refractivity contribution in [2.45, 2.75) is 50.2 Å². The summed E-state index contributed by atoms with van der Waals surface area (Å²) in [4.78, 5) is 11.2. The van der Waals surface area contributed by atoms with Crippen molar-refractivity contribution in [3.05, 3.63) is 11.5 Å². The van der Waals surface area contributed by atoms with Gasteiger partial charge in [0, 0.05) is 6.08 Å². The van der Waals surface area contributed by atoms with E-state index < -0.39 is 0 Å². The van der Waals surface area contributed by atoms with E-state index >= 15 is 0 Å². The van der Waals surface area contributed by atoms with Crippen molar-refractivity contribution in [2.24, 2.45) is 0 Å². The molecule has 1 aromatic rings. The molecule has 1 aliphatic rings. The molecule has 19 heavy (non-hydrogen) atoms. The van der Waals surface area contributed by atoms with Crippen LogP contribution in [0.1, 0.15) is 45.1 Å². The summed E-state index contributed by atoms with van der Waals surface area (Å²) in [6.45, 7) is 2.16. The lowest BCUT2D eigenvalue weighted by atomic mass is 9.96. The van der Waals surface area contributed by atoms with E-state index in [2.05, 4.69) is 15.5 Å². The van der Waals surface area contributed by atoms with Gasteiger partial charge in [-0.05, 0) is 35.6 Å². The van der Waals surface area contributed by atoms with Crippen LogP contribution in [0.15, 0.2) is 16.6 Å². The van der Waals surface area contributed by atoms with Gasteiger partial charge in [0.25, 0.3) is 0 Å². The summed E-state index contributed by atoms with van der Waals surface area (Å²) in [5.74, 6) is -0.341. The molecular formula is C12H18N4O2S. The van der Waals surface area contributed by atoms with Gasteiger partial charge < -0.3 is 4.74 Å². The lowest BCUT2D eigenvalue weighted by Crippen LogP contribution is -2.15. The molecule has 0 radical (unpaired) electrons. The third-order valence-electron chi connectivity index (χ3n) is 3.05. The van der Waals surface area contributed by atoms with Crippen LogP contribution in [0, 0.1) is 0 Å². The first-order valence-electron chi connectivity index (χ1n) is 6.59. The normalized spacial score (nSPS) is 16.9. The SMILES string of the molecule is CCOC(=O)/C=C/Sc1nnnn1C1CCCCC1. The molecule has 104 valence electrons. The number of rotatable bonds is 5. The molecule has 1 saturated carbocycles. The number of carbonyl (C=O) groups is 1. The van der Waals surface area contributed by atoms with Gasteiger partial charge in [-0.3, -0.25) is 0 Å². The predicted molar refractivity (Wildman–Crippen MR) is 71.6 cm³/mol. The Bertz CT molecular complexity index is 441. The fraction of sp³-hybridized carbons (Fsp3) is 0.667. The predicted octanol–water partition coefficient (Wildman–Crippen LogP) is 2.35. The second-order valence-electron chi connectivity index (χ2n) is 4.37. The smallest absolute Gasteiger partial charge is 0.331 e. The molecule has 1 fully saturated rings. The number of hydrogen-bond acceptors (Lipinski definition) is 6. The van der Waals surface area contributed by atoms with Crippen LogP contribution in [0.5, 0.6) is 0 Å². The largest absolute Gasteiger partial charge is 0.463 e. The highest BCUT2D eigenvalue weighted by molar-refractivity contribution is 8.02. The molecule has 2 rings (SSSR count). The number of carbonyl (C=O) groups excluding carboxylic acids is 1. The van der Waals surface area contributed by atoms with Crippen LogP contribution in [-0.4, -0.2) is 32.8 Å². The van der Waals surface area contributed by atoms with E-state index in [9.17, 15) is 4.79 Å². The van der Waals surface area contributed by atoms with Gasteiger partial charge in [0.05, 0.1) is 12.6 Å². The Kier molecular flexibility index (Phi) is 5.38. The summed E-state index contributed by atoms with van der Waals surface area (Å²) in [6, 6.07) is 0.391. The van der Waals surface area contributed by atoms with E-state index in [1.807, 2.05) is 4.68 Å². The molecule has 0 saturated heterocycles. The van der Waals surface area contributed by atoms with Crippen LogP contribution in [0.2, 0.25) is 0 Å². The van der Waals surface area contributed by atoms with Crippen LogP contribution in [0.4, 0.5) is 0 Å². The Morgan fingerprint density at radius 1 is 1.47 bits per heavy atom. The average molecular weight is 282 g/mol. The average Bonchev–Trinajstić information content (AvgIpc) is 2.88. The minimum atomic E-state index is -0.341. The fourth-order valence-electron chi connectivity index (χ4n) is 2.16. The third kappa shape index (κ3) is 4.05. The Balaban J connectivity index is 1.93. The molecule has 6 nitrogen and oxygen atoms in total. The summed E-state index contributed by atoms with van der Waals surface area (Å²) in [5, 5.41) is 14.2. The van der Waals surface area contributed by atoms with Gasteiger partial charge >= 0.3 is 5.97 Å². The molecular weight excluding hydrogens is 264 g/mol. The standard InChI is InChI=1S/C12H18N4O2S/c1-2-18-11(17)8-9-19-12-13-14-15-16(12)10-6-4-3-5-7-10/h8-10H,2-7H2,1H3/b9-8+. The molecule has 0 aliphatic heterocycles. The molecule has 0 atom stereocenters. The zero-order chi connectivity index (χ0) is 13.5.